The second-order valence-corrected chi connectivity index (χ2v) is 5.93. The summed E-state index contributed by atoms with van der Waals surface area (Å²) in [4.78, 5) is 0. The maximum absolute atomic E-state index is 12.8. The third-order valence-corrected chi connectivity index (χ3v) is 3.20. The zero-order chi connectivity index (χ0) is 15.7. The highest BCUT2D eigenvalue weighted by molar-refractivity contribution is 6.34. The number of anilines is 1. The lowest BCUT2D eigenvalue weighted by atomic mass is 10.0. The van der Waals surface area contributed by atoms with Gasteiger partial charge in [-0.1, -0.05) is 11.6 Å². The van der Waals surface area contributed by atoms with Crippen LogP contribution in [0.2, 0.25) is 5.02 Å². The van der Waals surface area contributed by atoms with E-state index >= 15 is 0 Å². The molecule has 4 N–H and O–H groups in total. The molecule has 114 valence electrons. The van der Waals surface area contributed by atoms with E-state index in [1.165, 1.54) is 0 Å². The number of hydrogen-bond donors (Lipinski definition) is 3. The van der Waals surface area contributed by atoms with Gasteiger partial charge in [-0.05, 0) is 38.0 Å². The third-order valence-electron chi connectivity index (χ3n) is 2.77. The van der Waals surface area contributed by atoms with Crippen LogP contribution in [-0.4, -0.2) is 10.6 Å². The summed E-state index contributed by atoms with van der Waals surface area (Å²) in [7, 11) is 0. The number of nitrogens with two attached hydrogens (primary N) is 1. The van der Waals surface area contributed by atoms with Gasteiger partial charge in [-0.25, -0.2) is 0 Å². The molecule has 3 nitrogen and oxygen atoms in total. The van der Waals surface area contributed by atoms with Crippen molar-refractivity contribution < 1.29 is 18.3 Å². The van der Waals surface area contributed by atoms with E-state index in [0.717, 1.165) is 6.07 Å². The van der Waals surface area contributed by atoms with Gasteiger partial charge in [0.1, 0.15) is 0 Å². The van der Waals surface area contributed by atoms with Crippen LogP contribution in [0.5, 0.6) is 0 Å². The van der Waals surface area contributed by atoms with Crippen LogP contribution in [0.3, 0.4) is 0 Å². The molecule has 0 unspecified atom stereocenters. The zero-order valence-electron chi connectivity index (χ0n) is 11.5. The summed E-state index contributed by atoms with van der Waals surface area (Å²) in [6.07, 6.45) is -4.60. The summed E-state index contributed by atoms with van der Waals surface area (Å²) in [5.41, 5.74) is 4.20. The van der Waals surface area contributed by atoms with Crippen molar-refractivity contribution in [2.45, 2.75) is 45.6 Å². The van der Waals surface area contributed by atoms with Crippen molar-refractivity contribution in [1.29, 1.82) is 0 Å². The highest BCUT2D eigenvalue weighted by Gasteiger charge is 2.35. The van der Waals surface area contributed by atoms with Gasteiger partial charge in [-0.3, -0.25) is 0 Å². The van der Waals surface area contributed by atoms with E-state index in [1.54, 1.807) is 0 Å². The first-order chi connectivity index (χ1) is 8.97. The molecule has 1 aromatic carbocycles. The van der Waals surface area contributed by atoms with Crippen molar-refractivity contribution in [2.24, 2.45) is 0 Å². The van der Waals surface area contributed by atoms with Crippen molar-refractivity contribution in [1.82, 2.24) is 5.32 Å². The molecule has 0 aliphatic heterocycles. The first-order valence-corrected chi connectivity index (χ1v) is 6.38. The van der Waals surface area contributed by atoms with E-state index in [1.807, 2.05) is 20.8 Å². The first kappa shape index (κ1) is 17.1. The van der Waals surface area contributed by atoms with Crippen LogP contribution in [0.1, 0.15) is 37.5 Å². The lowest BCUT2D eigenvalue weighted by Gasteiger charge is -2.23. The summed E-state index contributed by atoms with van der Waals surface area (Å²) >= 11 is 5.94. The van der Waals surface area contributed by atoms with E-state index in [0.29, 0.717) is 5.56 Å². The van der Waals surface area contributed by atoms with Crippen molar-refractivity contribution in [2.75, 3.05) is 5.73 Å². The van der Waals surface area contributed by atoms with Crippen molar-refractivity contribution in [3.05, 3.63) is 27.8 Å². The van der Waals surface area contributed by atoms with Crippen LogP contribution in [0, 0.1) is 0 Å². The number of hydrogen-bond acceptors (Lipinski definition) is 3. The Bertz CT molecular complexity index is 496. The number of alkyl halides is 3. The largest absolute Gasteiger partial charge is 0.418 e. The fourth-order valence-electron chi connectivity index (χ4n) is 1.68. The average molecular weight is 311 g/mol. The Kier molecular flexibility index (Phi) is 4.94. The summed E-state index contributed by atoms with van der Waals surface area (Å²) < 4.78 is 38.4. The number of nitrogens with one attached hydrogen (secondary N) is 1. The molecule has 0 aliphatic carbocycles. The molecule has 7 heteroatoms. The van der Waals surface area contributed by atoms with Crippen LogP contribution >= 0.6 is 11.6 Å². The molecule has 0 heterocycles. The van der Waals surface area contributed by atoms with Crippen LogP contribution in [-0.2, 0) is 19.3 Å². The minimum atomic E-state index is -4.60. The van der Waals surface area contributed by atoms with Crippen molar-refractivity contribution >= 4 is 17.3 Å². The molecule has 0 aliphatic rings. The Balaban J connectivity index is 3.29. The van der Waals surface area contributed by atoms with Crippen LogP contribution < -0.4 is 11.1 Å². The Morgan fingerprint density at radius 3 is 2.25 bits per heavy atom. The van der Waals surface area contributed by atoms with Gasteiger partial charge in [0, 0.05) is 12.1 Å². The Morgan fingerprint density at radius 2 is 1.85 bits per heavy atom. The molecular weight excluding hydrogens is 293 g/mol. The highest BCUT2D eigenvalue weighted by Crippen LogP contribution is 2.40. The fourth-order valence-corrected chi connectivity index (χ4v) is 1.97. The second kappa shape index (κ2) is 5.79. The number of benzene rings is 1. The Morgan fingerprint density at radius 1 is 1.30 bits per heavy atom. The quantitative estimate of drug-likeness (QED) is 0.751. The normalized spacial score (nSPS) is 12.8. The Hall–Kier alpha value is -0.980. The van der Waals surface area contributed by atoms with Crippen LogP contribution in [0.25, 0.3) is 0 Å². The standard InChI is InChI=1S/C13H18ClF3N2O/c1-12(2,3)19-5-8-7(6-20)4-9(13(15,16)17)11(18)10(8)14/h4,19-20H,5-6,18H2,1-3H3. The predicted octanol–water partition coefficient (Wildman–Crippen LogP) is 3.32. The van der Waals surface area contributed by atoms with E-state index in [-0.39, 0.29) is 22.7 Å². The molecule has 0 spiro atoms. The molecule has 0 fully saturated rings. The predicted molar refractivity (Wildman–Crippen MR) is 73.4 cm³/mol. The van der Waals surface area contributed by atoms with Gasteiger partial charge >= 0.3 is 6.18 Å². The summed E-state index contributed by atoms with van der Waals surface area (Å²) in [6.45, 7) is 5.41. The molecule has 0 amide bonds. The summed E-state index contributed by atoms with van der Waals surface area (Å²) in [5.74, 6) is 0. The van der Waals surface area contributed by atoms with E-state index < -0.39 is 24.0 Å². The van der Waals surface area contributed by atoms with Gasteiger partial charge in [-0.15, -0.1) is 0 Å². The Labute approximate surface area is 120 Å². The zero-order valence-corrected chi connectivity index (χ0v) is 12.3. The minimum Gasteiger partial charge on any atom is -0.397 e. The van der Waals surface area contributed by atoms with Crippen LogP contribution in [0.15, 0.2) is 6.07 Å². The smallest absolute Gasteiger partial charge is 0.397 e. The van der Waals surface area contributed by atoms with Gasteiger partial charge in [-0.2, -0.15) is 13.2 Å². The molecule has 1 rings (SSSR count). The first-order valence-electron chi connectivity index (χ1n) is 6.00. The minimum absolute atomic E-state index is 0.119. The van der Waals surface area contributed by atoms with Crippen molar-refractivity contribution in [3.63, 3.8) is 0 Å². The molecule has 0 saturated heterocycles. The van der Waals surface area contributed by atoms with Gasteiger partial charge in [0.15, 0.2) is 0 Å². The van der Waals surface area contributed by atoms with Gasteiger partial charge < -0.3 is 16.2 Å². The number of aliphatic hydroxyl groups is 1. The van der Waals surface area contributed by atoms with Crippen LogP contribution in [0.4, 0.5) is 18.9 Å². The lowest BCUT2D eigenvalue weighted by Crippen LogP contribution is -2.35. The molecular formula is C13H18ClF3N2O. The SMILES string of the molecule is CC(C)(C)NCc1c(CO)cc(C(F)(F)F)c(N)c1Cl. The van der Waals surface area contributed by atoms with Gasteiger partial charge in [0.05, 0.1) is 22.9 Å². The molecule has 0 radical (unpaired) electrons. The molecule has 1 aromatic rings. The average Bonchev–Trinajstić information content (AvgIpc) is 2.28. The van der Waals surface area contributed by atoms with E-state index in [9.17, 15) is 18.3 Å². The number of nitrogen functional groups attached to an aromatic ring is 1. The maximum atomic E-state index is 12.8. The summed E-state index contributed by atoms with van der Waals surface area (Å²) in [6, 6.07) is 0.848. The van der Waals surface area contributed by atoms with Gasteiger partial charge in [0.25, 0.3) is 0 Å². The molecule has 0 atom stereocenters. The molecule has 0 bridgehead atoms. The molecule has 0 saturated carbocycles. The summed E-state index contributed by atoms with van der Waals surface area (Å²) in [5, 5.41) is 12.2. The topological polar surface area (TPSA) is 58.3 Å². The monoisotopic (exact) mass is 310 g/mol. The second-order valence-electron chi connectivity index (χ2n) is 5.55. The maximum Gasteiger partial charge on any atom is 0.418 e. The van der Waals surface area contributed by atoms with E-state index in [2.05, 4.69) is 5.32 Å². The molecule has 20 heavy (non-hydrogen) atoms. The van der Waals surface area contributed by atoms with Gasteiger partial charge in [0.2, 0.25) is 0 Å². The fraction of sp³-hybridized carbons (Fsp3) is 0.538. The van der Waals surface area contributed by atoms with E-state index in [4.69, 9.17) is 17.3 Å². The highest BCUT2D eigenvalue weighted by atomic mass is 35.5. The number of halogens is 4. The third kappa shape index (κ3) is 4.01. The lowest BCUT2D eigenvalue weighted by molar-refractivity contribution is -0.137. The number of aliphatic hydroxyl groups excluding tert-OH is 1. The number of rotatable bonds is 3. The molecule has 0 aromatic heterocycles. The van der Waals surface area contributed by atoms with Crippen molar-refractivity contribution in [3.8, 4) is 0 Å².